The van der Waals surface area contributed by atoms with E-state index in [-0.39, 0.29) is 31.6 Å². The van der Waals surface area contributed by atoms with Crippen molar-refractivity contribution in [1.29, 1.82) is 0 Å². The zero-order valence-corrected chi connectivity index (χ0v) is 38.4. The van der Waals surface area contributed by atoms with Crippen LogP contribution in [0.3, 0.4) is 0 Å². The Hall–Kier alpha value is -3.96. The molecule has 60 heavy (non-hydrogen) atoms. The molecule has 0 aromatic heterocycles. The monoisotopic (exact) mass is 827 g/mol. The van der Waals surface area contributed by atoms with Crippen molar-refractivity contribution in [1.82, 2.24) is 0 Å². The predicted molar refractivity (Wildman–Crippen MR) is 260 cm³/mol. The van der Waals surface area contributed by atoms with Gasteiger partial charge in [-0.3, -0.25) is 9.59 Å². The third-order valence-electron chi connectivity index (χ3n) is 9.20. The smallest absolute Gasteiger partial charge is 0.306 e. The Kier molecular flexibility index (Phi) is 46.1. The van der Waals surface area contributed by atoms with Gasteiger partial charge in [-0.1, -0.05) is 193 Å². The van der Waals surface area contributed by atoms with Crippen molar-refractivity contribution < 1.29 is 23.8 Å². The van der Waals surface area contributed by atoms with Gasteiger partial charge in [-0.25, -0.2) is 0 Å². The minimum atomic E-state index is -0.595. The molecule has 336 valence electrons. The summed E-state index contributed by atoms with van der Waals surface area (Å²) in [4.78, 5) is 25.1. The van der Waals surface area contributed by atoms with Crippen LogP contribution in [0.1, 0.15) is 175 Å². The molecule has 5 nitrogen and oxygen atoms in total. The largest absolute Gasteiger partial charge is 0.462 e. The number of ether oxygens (including phenoxy) is 3. The minimum absolute atomic E-state index is 0.0192. The molecule has 0 aromatic carbocycles. The normalized spacial score (nSPS) is 13.4. The van der Waals surface area contributed by atoms with Crippen LogP contribution in [-0.2, 0) is 23.8 Å². The molecule has 1 atom stereocenters. The van der Waals surface area contributed by atoms with Gasteiger partial charge in [0.15, 0.2) is 6.10 Å². The van der Waals surface area contributed by atoms with Gasteiger partial charge in [0.05, 0.1) is 6.61 Å². The number of esters is 2. The number of hydrogen-bond donors (Lipinski definition) is 0. The summed E-state index contributed by atoms with van der Waals surface area (Å²) in [5, 5.41) is 0. The fourth-order valence-corrected chi connectivity index (χ4v) is 5.74. The highest BCUT2D eigenvalue weighted by Gasteiger charge is 2.17. The van der Waals surface area contributed by atoms with Crippen LogP contribution in [0.15, 0.2) is 134 Å². The lowest BCUT2D eigenvalue weighted by Crippen LogP contribution is -2.30. The van der Waals surface area contributed by atoms with E-state index in [1.807, 2.05) is 6.08 Å². The third-order valence-corrected chi connectivity index (χ3v) is 9.20. The second-order valence-electron chi connectivity index (χ2n) is 14.9. The van der Waals surface area contributed by atoms with Gasteiger partial charge in [-0.05, 0) is 103 Å². The molecule has 0 rings (SSSR count). The van der Waals surface area contributed by atoms with Crippen molar-refractivity contribution in [3.05, 3.63) is 134 Å². The van der Waals surface area contributed by atoms with Crippen LogP contribution in [0.5, 0.6) is 0 Å². The number of unbranched alkanes of at least 4 members (excludes halogenated alkanes) is 8. The van der Waals surface area contributed by atoms with Crippen LogP contribution in [-0.4, -0.2) is 37.9 Å². The van der Waals surface area contributed by atoms with Gasteiger partial charge in [-0.15, -0.1) is 0 Å². The standard InChI is InChI=1S/C55H86O5/c1-4-7-10-13-16-18-20-22-24-26-28-29-31-33-35-37-40-42-45-48-54(56)59-52-53(60-55(57)49-46-43-39-15-12-9-6-3)51-58-50-47-44-41-38-36-34-32-30-27-25-23-21-19-17-14-11-8-5-2/h7-8,10-11,16-19,22-25,28-30,32-33,35-36,38,40,42,53H,4-6,9,12-15,20-21,26-27,31,34,37,39,41,43-52H2,1-3H3/b10-7-,11-8-,18-16-,19-17-,24-22-,25-23-,29-28-,32-30-,35-33-,38-36-,42-40-. The third kappa shape index (κ3) is 46.7. The summed E-state index contributed by atoms with van der Waals surface area (Å²) in [6.07, 6.45) is 70.6. The van der Waals surface area contributed by atoms with Crippen LogP contribution in [0.4, 0.5) is 0 Å². The molecule has 0 fully saturated rings. The van der Waals surface area contributed by atoms with Gasteiger partial charge in [0.25, 0.3) is 0 Å². The molecule has 1 unspecified atom stereocenters. The molecule has 0 amide bonds. The molecule has 0 heterocycles. The van der Waals surface area contributed by atoms with Crippen LogP contribution >= 0.6 is 0 Å². The first-order valence-corrected chi connectivity index (χ1v) is 23.7. The van der Waals surface area contributed by atoms with Crippen LogP contribution in [0, 0.1) is 0 Å². The number of rotatable bonds is 41. The quantitative estimate of drug-likeness (QED) is 0.0349. The van der Waals surface area contributed by atoms with Crippen LogP contribution in [0.2, 0.25) is 0 Å². The topological polar surface area (TPSA) is 61.8 Å². The maximum Gasteiger partial charge on any atom is 0.306 e. The first-order chi connectivity index (χ1) is 29.6. The Balaban J connectivity index is 4.38. The summed E-state index contributed by atoms with van der Waals surface area (Å²) in [6.45, 7) is 7.35. The average molecular weight is 827 g/mol. The second kappa shape index (κ2) is 49.4. The Labute approximate surface area is 369 Å². The highest BCUT2D eigenvalue weighted by atomic mass is 16.6. The fraction of sp³-hybridized carbons (Fsp3) is 0.564. The van der Waals surface area contributed by atoms with E-state index in [0.29, 0.717) is 19.4 Å². The zero-order valence-electron chi connectivity index (χ0n) is 38.4. The van der Waals surface area contributed by atoms with Gasteiger partial charge >= 0.3 is 11.9 Å². The molecule has 0 saturated carbocycles. The first kappa shape index (κ1) is 56.0. The summed E-state index contributed by atoms with van der Waals surface area (Å²) >= 11 is 0. The van der Waals surface area contributed by atoms with Gasteiger partial charge in [0.1, 0.15) is 6.61 Å². The second-order valence-corrected chi connectivity index (χ2v) is 14.9. The van der Waals surface area contributed by atoms with Crippen LogP contribution in [0.25, 0.3) is 0 Å². The maximum atomic E-state index is 12.6. The van der Waals surface area contributed by atoms with E-state index < -0.39 is 6.10 Å². The van der Waals surface area contributed by atoms with E-state index in [4.69, 9.17) is 14.2 Å². The first-order valence-electron chi connectivity index (χ1n) is 23.7. The van der Waals surface area contributed by atoms with Crippen molar-refractivity contribution in [2.24, 2.45) is 0 Å². The van der Waals surface area contributed by atoms with E-state index >= 15 is 0 Å². The number of carbonyl (C=O) groups excluding carboxylic acids is 2. The summed E-state index contributed by atoms with van der Waals surface area (Å²) in [5.74, 6) is -0.538. The number of carbonyl (C=O) groups is 2. The molecule has 0 aliphatic rings. The fourth-order valence-electron chi connectivity index (χ4n) is 5.74. The van der Waals surface area contributed by atoms with Gasteiger partial charge in [-0.2, -0.15) is 0 Å². The van der Waals surface area contributed by atoms with E-state index in [2.05, 4.69) is 148 Å². The molecular weight excluding hydrogens is 741 g/mol. The molecule has 0 bridgehead atoms. The molecule has 0 aromatic rings. The molecular formula is C55H86O5. The Morgan fingerprint density at radius 3 is 1.23 bits per heavy atom. The van der Waals surface area contributed by atoms with Crippen molar-refractivity contribution in [2.75, 3.05) is 19.8 Å². The number of hydrogen-bond acceptors (Lipinski definition) is 5. The zero-order chi connectivity index (χ0) is 43.5. The van der Waals surface area contributed by atoms with E-state index in [1.54, 1.807) is 0 Å². The Morgan fingerprint density at radius 1 is 0.383 bits per heavy atom. The average Bonchev–Trinajstić information content (AvgIpc) is 3.25. The molecule has 0 N–H and O–H groups in total. The van der Waals surface area contributed by atoms with Crippen LogP contribution < -0.4 is 0 Å². The summed E-state index contributed by atoms with van der Waals surface area (Å²) in [7, 11) is 0. The van der Waals surface area contributed by atoms with E-state index in [1.165, 1.54) is 25.7 Å². The molecule has 0 radical (unpaired) electrons. The predicted octanol–water partition coefficient (Wildman–Crippen LogP) is 16.0. The molecule has 0 spiro atoms. The SMILES string of the molecule is CC/C=C\C/C=C\C/C=C\C/C=C\C/C=C\C/C=C\CCC(=O)OCC(COCCCC/C=C\C/C=C\C/C=C\C/C=C\C/C=C\CC)OC(=O)CCCCCCCCC. The van der Waals surface area contributed by atoms with Crippen molar-refractivity contribution >= 4 is 11.9 Å². The van der Waals surface area contributed by atoms with Gasteiger partial charge in [0, 0.05) is 19.4 Å². The highest BCUT2D eigenvalue weighted by Crippen LogP contribution is 2.11. The lowest BCUT2D eigenvalue weighted by molar-refractivity contribution is -0.162. The maximum absolute atomic E-state index is 12.6. The van der Waals surface area contributed by atoms with Crippen molar-refractivity contribution in [3.63, 3.8) is 0 Å². The molecule has 0 aliphatic heterocycles. The van der Waals surface area contributed by atoms with Gasteiger partial charge in [0.2, 0.25) is 0 Å². The summed E-state index contributed by atoms with van der Waals surface area (Å²) < 4.78 is 17.2. The lowest BCUT2D eigenvalue weighted by Gasteiger charge is -2.18. The molecule has 0 aliphatic carbocycles. The van der Waals surface area contributed by atoms with E-state index in [9.17, 15) is 9.59 Å². The van der Waals surface area contributed by atoms with E-state index in [0.717, 1.165) is 109 Å². The highest BCUT2D eigenvalue weighted by molar-refractivity contribution is 5.70. The Morgan fingerprint density at radius 2 is 0.783 bits per heavy atom. The Bertz CT molecular complexity index is 1300. The van der Waals surface area contributed by atoms with Gasteiger partial charge < -0.3 is 14.2 Å². The van der Waals surface area contributed by atoms with Crippen molar-refractivity contribution in [3.8, 4) is 0 Å². The van der Waals surface area contributed by atoms with Crippen molar-refractivity contribution in [2.45, 2.75) is 181 Å². The lowest BCUT2D eigenvalue weighted by atomic mass is 10.1. The molecule has 5 heteroatoms. The summed E-state index contributed by atoms with van der Waals surface area (Å²) in [6, 6.07) is 0. The minimum Gasteiger partial charge on any atom is -0.462 e. The number of allylic oxidation sites excluding steroid dienone is 22. The molecule has 0 saturated heterocycles. The summed E-state index contributed by atoms with van der Waals surface area (Å²) in [5.41, 5.74) is 0.